The number of hydrogen-bond acceptors (Lipinski definition) is 4. The number of amidine groups is 1. The van der Waals surface area contributed by atoms with Gasteiger partial charge in [0.15, 0.2) is 5.84 Å². The number of benzene rings is 1. The normalized spacial score (nSPS) is 12.1. The van der Waals surface area contributed by atoms with Gasteiger partial charge < -0.3 is 20.9 Å². The van der Waals surface area contributed by atoms with Gasteiger partial charge in [0.2, 0.25) is 0 Å². The van der Waals surface area contributed by atoms with Crippen LogP contribution in [0.15, 0.2) is 23.4 Å². The van der Waals surface area contributed by atoms with Gasteiger partial charge in [-0.1, -0.05) is 17.3 Å². The molecule has 5 nitrogen and oxygen atoms in total. The van der Waals surface area contributed by atoms with Gasteiger partial charge in [-0.2, -0.15) is 0 Å². The fourth-order valence-corrected chi connectivity index (χ4v) is 1.66. The molecule has 0 aliphatic rings. The number of halogens is 1. The van der Waals surface area contributed by atoms with Gasteiger partial charge in [-0.05, 0) is 19.5 Å². The van der Waals surface area contributed by atoms with Crippen molar-refractivity contribution >= 4 is 5.84 Å². The standard InChI is InChI=1S/C12H18FN3O2/c1-16(6-3-7-17)8-9-4-2-5-10(11(9)13)12(14)15-18/h2,4-5,17-18H,3,6-8H2,1H3,(H2,14,15). The second-order valence-electron chi connectivity index (χ2n) is 4.08. The maximum atomic E-state index is 14.0. The lowest BCUT2D eigenvalue weighted by atomic mass is 10.1. The first-order valence-electron chi connectivity index (χ1n) is 5.64. The van der Waals surface area contributed by atoms with Gasteiger partial charge >= 0.3 is 0 Å². The Morgan fingerprint density at radius 2 is 2.22 bits per heavy atom. The van der Waals surface area contributed by atoms with Crippen molar-refractivity contribution in [3.8, 4) is 0 Å². The minimum Gasteiger partial charge on any atom is -0.409 e. The molecule has 0 aliphatic heterocycles. The molecule has 1 aromatic carbocycles. The summed E-state index contributed by atoms with van der Waals surface area (Å²) in [4.78, 5) is 1.89. The highest BCUT2D eigenvalue weighted by atomic mass is 19.1. The Balaban J connectivity index is 2.84. The molecule has 0 heterocycles. The lowest BCUT2D eigenvalue weighted by Gasteiger charge is -2.17. The van der Waals surface area contributed by atoms with Crippen LogP contribution in [-0.2, 0) is 6.54 Å². The molecule has 18 heavy (non-hydrogen) atoms. The summed E-state index contributed by atoms with van der Waals surface area (Å²) in [5.41, 5.74) is 5.95. The molecular weight excluding hydrogens is 237 g/mol. The topological polar surface area (TPSA) is 82.1 Å². The summed E-state index contributed by atoms with van der Waals surface area (Å²) >= 11 is 0. The lowest BCUT2D eigenvalue weighted by Crippen LogP contribution is -2.22. The summed E-state index contributed by atoms with van der Waals surface area (Å²) in [6.07, 6.45) is 0.637. The van der Waals surface area contributed by atoms with Gasteiger partial charge in [0.05, 0.1) is 5.56 Å². The molecule has 1 aromatic rings. The Hall–Kier alpha value is -1.66. The quantitative estimate of drug-likeness (QED) is 0.303. The molecule has 0 unspecified atom stereocenters. The zero-order valence-electron chi connectivity index (χ0n) is 10.3. The van der Waals surface area contributed by atoms with E-state index >= 15 is 0 Å². The van der Waals surface area contributed by atoms with Crippen LogP contribution in [0.25, 0.3) is 0 Å². The largest absolute Gasteiger partial charge is 0.409 e. The fourth-order valence-electron chi connectivity index (χ4n) is 1.66. The number of oxime groups is 1. The first kappa shape index (κ1) is 14.4. The third-order valence-electron chi connectivity index (χ3n) is 2.60. The smallest absolute Gasteiger partial charge is 0.173 e. The van der Waals surface area contributed by atoms with Crippen LogP contribution in [-0.4, -0.2) is 41.2 Å². The molecule has 0 bridgehead atoms. The molecular formula is C12H18FN3O2. The van der Waals surface area contributed by atoms with Crippen molar-refractivity contribution in [1.82, 2.24) is 4.90 Å². The van der Waals surface area contributed by atoms with E-state index in [1.807, 2.05) is 11.9 Å². The van der Waals surface area contributed by atoms with E-state index in [4.69, 9.17) is 16.0 Å². The zero-order valence-corrected chi connectivity index (χ0v) is 10.3. The summed E-state index contributed by atoms with van der Waals surface area (Å²) in [7, 11) is 1.84. The van der Waals surface area contributed by atoms with Gasteiger partial charge in [0.1, 0.15) is 5.82 Å². The van der Waals surface area contributed by atoms with Crippen molar-refractivity contribution in [2.75, 3.05) is 20.2 Å². The molecule has 0 radical (unpaired) electrons. The van der Waals surface area contributed by atoms with E-state index in [0.29, 0.717) is 25.1 Å². The summed E-state index contributed by atoms with van der Waals surface area (Å²) in [5.74, 6) is -0.726. The Morgan fingerprint density at radius 3 is 2.83 bits per heavy atom. The molecule has 100 valence electrons. The molecule has 0 saturated heterocycles. The number of aliphatic hydroxyl groups is 1. The minimum atomic E-state index is -0.483. The second-order valence-corrected chi connectivity index (χ2v) is 4.08. The van der Waals surface area contributed by atoms with Crippen molar-refractivity contribution in [3.63, 3.8) is 0 Å². The average Bonchev–Trinajstić information content (AvgIpc) is 2.38. The lowest BCUT2D eigenvalue weighted by molar-refractivity contribution is 0.243. The van der Waals surface area contributed by atoms with Crippen molar-refractivity contribution < 1.29 is 14.7 Å². The average molecular weight is 255 g/mol. The van der Waals surface area contributed by atoms with E-state index in [1.54, 1.807) is 12.1 Å². The SMILES string of the molecule is CN(CCCO)Cc1cccc(/C(N)=N/O)c1F. The molecule has 0 fully saturated rings. The number of nitrogens with zero attached hydrogens (tertiary/aromatic N) is 2. The predicted molar refractivity (Wildman–Crippen MR) is 66.9 cm³/mol. The molecule has 0 atom stereocenters. The summed E-state index contributed by atoms with van der Waals surface area (Å²) in [6.45, 7) is 1.18. The van der Waals surface area contributed by atoms with Crippen LogP contribution in [0.1, 0.15) is 17.5 Å². The molecule has 0 amide bonds. The number of rotatable bonds is 6. The highest BCUT2D eigenvalue weighted by Gasteiger charge is 2.12. The Morgan fingerprint density at radius 1 is 1.50 bits per heavy atom. The van der Waals surface area contributed by atoms with Gasteiger partial charge in [-0.15, -0.1) is 0 Å². The van der Waals surface area contributed by atoms with Gasteiger partial charge in [0, 0.05) is 25.3 Å². The molecule has 0 spiro atoms. The monoisotopic (exact) mass is 255 g/mol. The van der Waals surface area contributed by atoms with Crippen molar-refractivity contribution in [3.05, 3.63) is 35.1 Å². The van der Waals surface area contributed by atoms with E-state index in [9.17, 15) is 4.39 Å². The Labute approximate surface area is 105 Å². The van der Waals surface area contributed by atoms with E-state index in [1.165, 1.54) is 6.07 Å². The van der Waals surface area contributed by atoms with Gasteiger partial charge in [-0.3, -0.25) is 0 Å². The molecule has 1 rings (SSSR count). The molecule has 6 heteroatoms. The van der Waals surface area contributed by atoms with E-state index in [2.05, 4.69) is 5.16 Å². The maximum Gasteiger partial charge on any atom is 0.173 e. The second kappa shape index (κ2) is 6.93. The Bertz CT molecular complexity index is 424. The van der Waals surface area contributed by atoms with Crippen molar-refractivity contribution in [1.29, 1.82) is 0 Å². The zero-order chi connectivity index (χ0) is 13.5. The number of aliphatic hydroxyl groups excluding tert-OH is 1. The van der Waals surface area contributed by atoms with Crippen LogP contribution in [0, 0.1) is 5.82 Å². The summed E-state index contributed by atoms with van der Waals surface area (Å²) < 4.78 is 14.0. The first-order chi connectivity index (χ1) is 8.60. The van der Waals surface area contributed by atoms with Gasteiger partial charge in [0.25, 0.3) is 0 Å². The number of nitrogens with two attached hydrogens (primary N) is 1. The third kappa shape index (κ3) is 3.68. The molecule has 4 N–H and O–H groups in total. The van der Waals surface area contributed by atoms with Crippen LogP contribution < -0.4 is 5.73 Å². The maximum absolute atomic E-state index is 14.0. The van der Waals surface area contributed by atoms with Crippen LogP contribution in [0.4, 0.5) is 4.39 Å². The number of hydrogen-bond donors (Lipinski definition) is 3. The van der Waals surface area contributed by atoms with Crippen LogP contribution in [0.2, 0.25) is 0 Å². The molecule has 0 aliphatic carbocycles. The Kier molecular flexibility index (Phi) is 5.54. The highest BCUT2D eigenvalue weighted by molar-refractivity contribution is 5.97. The third-order valence-corrected chi connectivity index (χ3v) is 2.60. The summed E-state index contributed by atoms with van der Waals surface area (Å²) in [5, 5.41) is 20.1. The van der Waals surface area contributed by atoms with Crippen molar-refractivity contribution in [2.45, 2.75) is 13.0 Å². The van der Waals surface area contributed by atoms with E-state index in [0.717, 1.165) is 0 Å². The molecule has 0 saturated carbocycles. The van der Waals surface area contributed by atoms with E-state index in [-0.39, 0.29) is 18.0 Å². The van der Waals surface area contributed by atoms with Crippen LogP contribution in [0.3, 0.4) is 0 Å². The highest BCUT2D eigenvalue weighted by Crippen LogP contribution is 2.14. The summed E-state index contributed by atoms with van der Waals surface area (Å²) in [6, 6.07) is 4.77. The molecule has 0 aromatic heterocycles. The predicted octanol–water partition coefficient (Wildman–Crippen LogP) is 0.734. The van der Waals surface area contributed by atoms with Gasteiger partial charge in [-0.25, -0.2) is 4.39 Å². The van der Waals surface area contributed by atoms with Crippen molar-refractivity contribution in [2.24, 2.45) is 10.9 Å². The van der Waals surface area contributed by atoms with Crippen LogP contribution in [0.5, 0.6) is 0 Å². The van der Waals surface area contributed by atoms with Crippen LogP contribution >= 0.6 is 0 Å². The first-order valence-corrected chi connectivity index (χ1v) is 5.64. The minimum absolute atomic E-state index is 0.0885. The van der Waals surface area contributed by atoms with E-state index < -0.39 is 5.82 Å². The fraction of sp³-hybridized carbons (Fsp3) is 0.417.